The molecular weight excluding hydrogens is 286 g/mol. The predicted molar refractivity (Wildman–Crippen MR) is 92.4 cm³/mol. The topological polar surface area (TPSA) is 60.6 Å². The minimum Gasteiger partial charge on any atom is -0.345 e. The zero-order valence-corrected chi connectivity index (χ0v) is 14.4. The number of piperidine rings is 1. The number of aryl methyl sites for hydroxylation is 2. The molecule has 0 aromatic carbocycles. The number of likely N-dealkylation sites (tertiary alicyclic amines) is 1. The highest BCUT2D eigenvalue weighted by Gasteiger charge is 2.23. The van der Waals surface area contributed by atoms with Gasteiger partial charge in [0.05, 0.1) is 6.20 Å². The highest BCUT2D eigenvalue weighted by Crippen LogP contribution is 2.29. The van der Waals surface area contributed by atoms with E-state index in [1.807, 2.05) is 12.4 Å². The summed E-state index contributed by atoms with van der Waals surface area (Å²) in [6.45, 7) is 7.72. The maximum absolute atomic E-state index is 4.50. The van der Waals surface area contributed by atoms with Crippen molar-refractivity contribution in [3.05, 3.63) is 35.2 Å². The molecule has 126 valence electrons. The molecule has 5 nitrogen and oxygen atoms in total. The second-order valence-corrected chi connectivity index (χ2v) is 6.67. The van der Waals surface area contributed by atoms with E-state index in [0.29, 0.717) is 5.92 Å². The minimum absolute atomic E-state index is 0.644. The molecule has 0 spiro atoms. The van der Waals surface area contributed by atoms with Crippen LogP contribution in [0.5, 0.6) is 0 Å². The van der Waals surface area contributed by atoms with Gasteiger partial charge in [0.25, 0.3) is 0 Å². The maximum atomic E-state index is 4.50. The third kappa shape index (κ3) is 4.02. The second kappa shape index (κ2) is 7.77. The average molecular weight is 315 g/mol. The molecule has 0 saturated carbocycles. The van der Waals surface area contributed by atoms with Crippen LogP contribution in [0.1, 0.15) is 68.2 Å². The zero-order chi connectivity index (χ0) is 16.1. The average Bonchev–Trinajstić information content (AvgIpc) is 3.22. The van der Waals surface area contributed by atoms with Crippen molar-refractivity contribution in [2.45, 2.75) is 64.8 Å². The van der Waals surface area contributed by atoms with Crippen molar-refractivity contribution in [1.29, 1.82) is 0 Å². The van der Waals surface area contributed by atoms with Crippen LogP contribution in [0.15, 0.2) is 12.4 Å². The number of H-pyrrole nitrogens is 2. The molecule has 2 aromatic heterocycles. The molecular formula is C18H29N5. The van der Waals surface area contributed by atoms with Gasteiger partial charge in [0.2, 0.25) is 0 Å². The van der Waals surface area contributed by atoms with Gasteiger partial charge in [0.1, 0.15) is 5.82 Å². The molecule has 1 saturated heterocycles. The van der Waals surface area contributed by atoms with Crippen molar-refractivity contribution in [3.63, 3.8) is 0 Å². The smallest absolute Gasteiger partial charge is 0.106 e. The third-order valence-electron chi connectivity index (χ3n) is 4.97. The van der Waals surface area contributed by atoms with Crippen molar-refractivity contribution in [2.24, 2.45) is 0 Å². The van der Waals surface area contributed by atoms with Crippen LogP contribution in [0.3, 0.4) is 0 Å². The Bertz CT molecular complexity index is 592. The van der Waals surface area contributed by atoms with Crippen LogP contribution < -0.4 is 0 Å². The number of nitrogens with zero attached hydrogens (tertiary/aromatic N) is 3. The molecule has 0 amide bonds. The third-order valence-corrected chi connectivity index (χ3v) is 4.97. The lowest BCUT2D eigenvalue weighted by Gasteiger charge is -2.31. The fourth-order valence-corrected chi connectivity index (χ4v) is 3.53. The van der Waals surface area contributed by atoms with Crippen LogP contribution in [-0.2, 0) is 19.4 Å². The van der Waals surface area contributed by atoms with Crippen LogP contribution in [0, 0.1) is 0 Å². The van der Waals surface area contributed by atoms with Gasteiger partial charge in [-0.15, -0.1) is 0 Å². The number of rotatable bonds is 7. The van der Waals surface area contributed by atoms with E-state index >= 15 is 0 Å². The van der Waals surface area contributed by atoms with Crippen LogP contribution in [0.25, 0.3) is 0 Å². The van der Waals surface area contributed by atoms with Gasteiger partial charge in [0, 0.05) is 36.5 Å². The molecule has 2 aromatic rings. The Morgan fingerprint density at radius 3 is 2.78 bits per heavy atom. The fraction of sp³-hybridized carbons (Fsp3) is 0.667. The first kappa shape index (κ1) is 16.2. The lowest BCUT2D eigenvalue weighted by Crippen LogP contribution is -2.32. The van der Waals surface area contributed by atoms with Crippen molar-refractivity contribution in [3.8, 4) is 0 Å². The molecule has 1 fully saturated rings. The Labute approximate surface area is 138 Å². The lowest BCUT2D eigenvalue weighted by atomic mass is 9.91. The summed E-state index contributed by atoms with van der Waals surface area (Å²) in [5.41, 5.74) is 4.01. The largest absolute Gasteiger partial charge is 0.345 e. The van der Waals surface area contributed by atoms with E-state index in [4.69, 9.17) is 0 Å². The van der Waals surface area contributed by atoms with Gasteiger partial charge in [-0.3, -0.25) is 10.00 Å². The molecule has 1 aliphatic rings. The molecule has 2 N–H and O–H groups in total. The van der Waals surface area contributed by atoms with Crippen molar-refractivity contribution in [1.82, 2.24) is 25.1 Å². The quantitative estimate of drug-likeness (QED) is 0.823. The Hall–Kier alpha value is -1.62. The Kier molecular flexibility index (Phi) is 5.49. The summed E-state index contributed by atoms with van der Waals surface area (Å²) in [7, 11) is 0. The second-order valence-electron chi connectivity index (χ2n) is 6.67. The van der Waals surface area contributed by atoms with E-state index in [2.05, 4.69) is 38.9 Å². The van der Waals surface area contributed by atoms with E-state index in [9.17, 15) is 0 Å². The van der Waals surface area contributed by atoms with Crippen molar-refractivity contribution >= 4 is 0 Å². The molecule has 0 radical (unpaired) electrons. The van der Waals surface area contributed by atoms with E-state index in [1.165, 1.54) is 42.6 Å². The van der Waals surface area contributed by atoms with Gasteiger partial charge in [-0.1, -0.05) is 20.3 Å². The highest BCUT2D eigenvalue weighted by molar-refractivity contribution is 5.21. The van der Waals surface area contributed by atoms with E-state index < -0.39 is 0 Å². The molecule has 5 heteroatoms. The molecule has 1 aliphatic heterocycles. The van der Waals surface area contributed by atoms with Gasteiger partial charge in [-0.25, -0.2) is 4.98 Å². The minimum atomic E-state index is 0.644. The van der Waals surface area contributed by atoms with E-state index in [1.54, 1.807) is 0 Å². The van der Waals surface area contributed by atoms with Crippen LogP contribution in [0.2, 0.25) is 0 Å². The number of imidazole rings is 1. The normalized spacial score (nSPS) is 17.0. The van der Waals surface area contributed by atoms with E-state index in [0.717, 1.165) is 38.3 Å². The van der Waals surface area contributed by atoms with Crippen LogP contribution >= 0.6 is 0 Å². The Balaban J connectivity index is 1.50. The number of aromatic amines is 2. The van der Waals surface area contributed by atoms with Crippen LogP contribution in [-0.4, -0.2) is 38.2 Å². The van der Waals surface area contributed by atoms with Crippen molar-refractivity contribution in [2.75, 3.05) is 13.1 Å². The summed E-state index contributed by atoms with van der Waals surface area (Å²) in [5.74, 6) is 1.78. The molecule has 0 atom stereocenters. The molecule has 0 aliphatic carbocycles. The Morgan fingerprint density at radius 2 is 2.04 bits per heavy atom. The summed E-state index contributed by atoms with van der Waals surface area (Å²) < 4.78 is 0. The van der Waals surface area contributed by atoms with Gasteiger partial charge in [-0.05, 0) is 44.3 Å². The first-order chi connectivity index (χ1) is 11.3. The first-order valence-corrected chi connectivity index (χ1v) is 9.07. The summed E-state index contributed by atoms with van der Waals surface area (Å²) in [4.78, 5) is 10.5. The maximum Gasteiger partial charge on any atom is 0.106 e. The summed E-state index contributed by atoms with van der Waals surface area (Å²) in [6, 6.07) is 0. The monoisotopic (exact) mass is 315 g/mol. The zero-order valence-electron chi connectivity index (χ0n) is 14.4. The number of hydrogen-bond acceptors (Lipinski definition) is 3. The van der Waals surface area contributed by atoms with Gasteiger partial charge >= 0.3 is 0 Å². The molecule has 0 unspecified atom stereocenters. The van der Waals surface area contributed by atoms with Gasteiger partial charge in [-0.2, -0.15) is 5.10 Å². The Morgan fingerprint density at radius 1 is 1.22 bits per heavy atom. The highest BCUT2D eigenvalue weighted by atomic mass is 15.2. The fourth-order valence-electron chi connectivity index (χ4n) is 3.53. The number of unbranched alkanes of at least 4 members (excludes halogenated alkanes) is 1. The van der Waals surface area contributed by atoms with Gasteiger partial charge in [0.15, 0.2) is 0 Å². The molecule has 23 heavy (non-hydrogen) atoms. The first-order valence-electron chi connectivity index (χ1n) is 9.07. The van der Waals surface area contributed by atoms with Gasteiger partial charge < -0.3 is 4.98 Å². The lowest BCUT2D eigenvalue weighted by molar-refractivity contribution is 0.201. The number of hydrogen-bond donors (Lipinski definition) is 2. The number of nitrogens with one attached hydrogen (secondary N) is 2. The summed E-state index contributed by atoms with van der Waals surface area (Å²) >= 11 is 0. The van der Waals surface area contributed by atoms with Crippen LogP contribution in [0.4, 0.5) is 0 Å². The number of aromatic nitrogens is 4. The van der Waals surface area contributed by atoms with E-state index in [-0.39, 0.29) is 0 Å². The summed E-state index contributed by atoms with van der Waals surface area (Å²) in [5, 5.41) is 7.46. The predicted octanol–water partition coefficient (Wildman–Crippen LogP) is 3.42. The molecule has 0 bridgehead atoms. The molecule has 3 rings (SSSR count). The van der Waals surface area contributed by atoms with Crippen molar-refractivity contribution < 1.29 is 0 Å². The summed E-state index contributed by atoms with van der Waals surface area (Å²) in [6.07, 6.45) is 11.0. The standard InChI is InChI=1S/C18H29N5/c1-3-5-6-17-19-12-16(21-17)13-23-9-7-15(8-10-23)18-14(4-2)11-20-22-18/h11-12,15H,3-10,13H2,1-2H3,(H,19,21)(H,20,22). The molecule has 3 heterocycles. The SMILES string of the molecule is CCCCc1ncc(CN2CCC(c3[nH]ncc3CC)CC2)[nH]1.